The van der Waals surface area contributed by atoms with E-state index in [0.717, 1.165) is 30.6 Å². The van der Waals surface area contributed by atoms with Crippen LogP contribution in [0.2, 0.25) is 0 Å². The van der Waals surface area contributed by atoms with Gasteiger partial charge in [-0.3, -0.25) is 4.90 Å². The largest absolute Gasteiger partial charge is 0.314 e. The molecule has 19 heavy (non-hydrogen) atoms. The van der Waals surface area contributed by atoms with Gasteiger partial charge in [-0.25, -0.2) is 0 Å². The molecule has 1 saturated heterocycles. The van der Waals surface area contributed by atoms with Crippen LogP contribution >= 0.6 is 0 Å². The summed E-state index contributed by atoms with van der Waals surface area (Å²) in [5.41, 5.74) is 0. The van der Waals surface area contributed by atoms with E-state index in [4.69, 9.17) is 0 Å². The third-order valence-corrected chi connectivity index (χ3v) is 5.49. The number of rotatable bonds is 5. The lowest BCUT2D eigenvalue weighted by atomic mass is 9.93. The van der Waals surface area contributed by atoms with Crippen molar-refractivity contribution in [1.29, 1.82) is 0 Å². The second-order valence-electron chi connectivity index (χ2n) is 6.75. The molecule has 0 aromatic heterocycles. The summed E-state index contributed by atoms with van der Waals surface area (Å²) in [7, 11) is 0. The first-order valence-electron chi connectivity index (χ1n) is 8.75. The van der Waals surface area contributed by atoms with Gasteiger partial charge in [0.15, 0.2) is 0 Å². The van der Waals surface area contributed by atoms with Crippen molar-refractivity contribution in [2.75, 3.05) is 13.1 Å². The lowest BCUT2D eigenvalue weighted by molar-refractivity contribution is 0.144. The predicted molar refractivity (Wildman–Crippen MR) is 83.5 cm³/mol. The first kappa shape index (κ1) is 15.3. The quantitative estimate of drug-likeness (QED) is 0.761. The van der Waals surface area contributed by atoms with Crippen molar-refractivity contribution in [3.8, 4) is 0 Å². The number of nitrogens with zero attached hydrogens (tertiary/aromatic N) is 1. The zero-order chi connectivity index (χ0) is 13.7. The van der Waals surface area contributed by atoms with Crippen LogP contribution in [0.15, 0.2) is 0 Å². The molecule has 1 heterocycles. The van der Waals surface area contributed by atoms with Crippen molar-refractivity contribution in [3.05, 3.63) is 0 Å². The summed E-state index contributed by atoms with van der Waals surface area (Å²) in [5.74, 6) is 0.886. The van der Waals surface area contributed by atoms with E-state index >= 15 is 0 Å². The first-order valence-corrected chi connectivity index (χ1v) is 8.75. The number of hydrogen-bond donors (Lipinski definition) is 1. The van der Waals surface area contributed by atoms with Crippen molar-refractivity contribution >= 4 is 0 Å². The number of hydrogen-bond acceptors (Lipinski definition) is 2. The molecule has 0 radical (unpaired) electrons. The maximum atomic E-state index is 3.77. The molecule has 4 unspecified atom stereocenters. The van der Waals surface area contributed by atoms with Crippen LogP contribution in [0.5, 0.6) is 0 Å². The summed E-state index contributed by atoms with van der Waals surface area (Å²) in [6.45, 7) is 9.54. The molecular weight excluding hydrogens is 232 g/mol. The molecule has 1 aliphatic heterocycles. The number of nitrogens with one attached hydrogen (secondary N) is 1. The van der Waals surface area contributed by atoms with Gasteiger partial charge in [-0.1, -0.05) is 33.1 Å². The lowest BCUT2D eigenvalue weighted by Gasteiger charge is -2.35. The molecule has 0 bridgehead atoms. The predicted octanol–water partition coefficient (Wildman–Crippen LogP) is 3.81. The van der Waals surface area contributed by atoms with Crippen LogP contribution < -0.4 is 5.32 Å². The van der Waals surface area contributed by atoms with E-state index in [-0.39, 0.29) is 0 Å². The van der Waals surface area contributed by atoms with Gasteiger partial charge >= 0.3 is 0 Å². The average molecular weight is 266 g/mol. The average Bonchev–Trinajstić information content (AvgIpc) is 2.61. The highest BCUT2D eigenvalue weighted by molar-refractivity contribution is 4.89. The molecule has 1 saturated carbocycles. The maximum Gasteiger partial charge on any atom is 0.0107 e. The Labute approximate surface area is 120 Å². The molecule has 112 valence electrons. The Bertz CT molecular complexity index is 254. The van der Waals surface area contributed by atoms with Crippen LogP contribution in [-0.4, -0.2) is 36.1 Å². The standard InChI is InChI=1S/C17H34N2/c1-4-16-12-11-14(3)19(16)13-15-9-7-6-8-10-17(15)18-5-2/h14-18H,4-13H2,1-3H3. The molecule has 1 aliphatic carbocycles. The molecule has 2 heteroatoms. The smallest absolute Gasteiger partial charge is 0.0107 e. The zero-order valence-electron chi connectivity index (χ0n) is 13.3. The maximum absolute atomic E-state index is 3.77. The molecule has 0 amide bonds. The fourth-order valence-corrected chi connectivity index (χ4v) is 4.30. The summed E-state index contributed by atoms with van der Waals surface area (Å²) < 4.78 is 0. The Balaban J connectivity index is 1.96. The van der Waals surface area contributed by atoms with Gasteiger partial charge in [-0.2, -0.15) is 0 Å². The van der Waals surface area contributed by atoms with E-state index in [1.165, 1.54) is 57.9 Å². The monoisotopic (exact) mass is 266 g/mol. The third-order valence-electron chi connectivity index (χ3n) is 5.49. The van der Waals surface area contributed by atoms with E-state index in [1.807, 2.05) is 0 Å². The topological polar surface area (TPSA) is 15.3 Å². The normalized spacial score (nSPS) is 37.4. The minimum Gasteiger partial charge on any atom is -0.314 e. The summed E-state index contributed by atoms with van der Waals surface area (Å²) >= 11 is 0. The van der Waals surface area contributed by atoms with Gasteiger partial charge in [-0.05, 0) is 51.5 Å². The number of likely N-dealkylation sites (tertiary alicyclic amines) is 1. The summed E-state index contributed by atoms with van der Waals surface area (Å²) in [4.78, 5) is 2.83. The van der Waals surface area contributed by atoms with Crippen molar-refractivity contribution in [3.63, 3.8) is 0 Å². The van der Waals surface area contributed by atoms with Gasteiger partial charge in [-0.15, -0.1) is 0 Å². The Kier molecular flexibility index (Phi) is 6.15. The second-order valence-corrected chi connectivity index (χ2v) is 6.75. The Morgan fingerprint density at radius 1 is 1.00 bits per heavy atom. The molecule has 2 rings (SSSR count). The summed E-state index contributed by atoms with van der Waals surface area (Å²) in [5, 5.41) is 3.77. The van der Waals surface area contributed by atoms with E-state index in [0.29, 0.717) is 0 Å². The fraction of sp³-hybridized carbons (Fsp3) is 1.00. The molecule has 2 fully saturated rings. The molecule has 1 N–H and O–H groups in total. The highest BCUT2D eigenvalue weighted by Crippen LogP contribution is 2.31. The first-order chi connectivity index (χ1) is 9.26. The van der Waals surface area contributed by atoms with Crippen molar-refractivity contribution in [1.82, 2.24) is 10.2 Å². The fourth-order valence-electron chi connectivity index (χ4n) is 4.30. The summed E-state index contributed by atoms with van der Waals surface area (Å²) in [6, 6.07) is 2.45. The second kappa shape index (κ2) is 7.64. The van der Waals surface area contributed by atoms with Gasteiger partial charge in [0.25, 0.3) is 0 Å². The molecule has 0 spiro atoms. The highest BCUT2D eigenvalue weighted by atomic mass is 15.2. The van der Waals surface area contributed by atoms with E-state index in [2.05, 4.69) is 31.0 Å². The minimum atomic E-state index is 0.776. The van der Waals surface area contributed by atoms with Gasteiger partial charge in [0, 0.05) is 24.7 Å². The van der Waals surface area contributed by atoms with Gasteiger partial charge in [0.2, 0.25) is 0 Å². The highest BCUT2D eigenvalue weighted by Gasteiger charge is 2.33. The van der Waals surface area contributed by atoms with Gasteiger partial charge < -0.3 is 5.32 Å². The molecular formula is C17H34N2. The molecule has 2 nitrogen and oxygen atoms in total. The van der Waals surface area contributed by atoms with Crippen LogP contribution in [0.1, 0.15) is 72.1 Å². The van der Waals surface area contributed by atoms with Crippen LogP contribution in [0.4, 0.5) is 0 Å². The van der Waals surface area contributed by atoms with Gasteiger partial charge in [0.05, 0.1) is 0 Å². The minimum absolute atomic E-state index is 0.776. The molecule has 0 aromatic carbocycles. The Morgan fingerprint density at radius 2 is 1.79 bits per heavy atom. The Hall–Kier alpha value is -0.0800. The molecule has 0 aromatic rings. The van der Waals surface area contributed by atoms with Gasteiger partial charge in [0.1, 0.15) is 0 Å². The summed E-state index contributed by atoms with van der Waals surface area (Å²) in [6.07, 6.45) is 11.3. The van der Waals surface area contributed by atoms with E-state index < -0.39 is 0 Å². The van der Waals surface area contributed by atoms with Crippen molar-refractivity contribution in [2.24, 2.45) is 5.92 Å². The van der Waals surface area contributed by atoms with Crippen LogP contribution in [0, 0.1) is 5.92 Å². The van der Waals surface area contributed by atoms with Crippen LogP contribution in [0.3, 0.4) is 0 Å². The van der Waals surface area contributed by atoms with Crippen molar-refractivity contribution < 1.29 is 0 Å². The lowest BCUT2D eigenvalue weighted by Crippen LogP contribution is -2.45. The van der Waals surface area contributed by atoms with Crippen molar-refractivity contribution in [2.45, 2.75) is 90.3 Å². The zero-order valence-corrected chi connectivity index (χ0v) is 13.3. The SMILES string of the molecule is CCNC1CCCCCC1CN1C(C)CCC1CC. The van der Waals surface area contributed by atoms with Crippen LogP contribution in [-0.2, 0) is 0 Å². The third kappa shape index (κ3) is 3.95. The van der Waals surface area contributed by atoms with E-state index in [9.17, 15) is 0 Å². The molecule has 2 aliphatic rings. The van der Waals surface area contributed by atoms with E-state index in [1.54, 1.807) is 0 Å². The molecule has 4 atom stereocenters. The Morgan fingerprint density at radius 3 is 2.53 bits per heavy atom. The van der Waals surface area contributed by atoms with Crippen LogP contribution in [0.25, 0.3) is 0 Å².